The highest BCUT2D eigenvalue weighted by atomic mass is 19.1. The van der Waals surface area contributed by atoms with Crippen LogP contribution in [0.5, 0.6) is 11.6 Å². The molecule has 2 bridgehead atoms. The fourth-order valence-corrected chi connectivity index (χ4v) is 8.22. The lowest BCUT2D eigenvalue weighted by molar-refractivity contribution is 0.110. The van der Waals surface area contributed by atoms with Gasteiger partial charge in [0.25, 0.3) is 0 Å². The van der Waals surface area contributed by atoms with Gasteiger partial charge in [0.2, 0.25) is 5.88 Å². The summed E-state index contributed by atoms with van der Waals surface area (Å²) >= 11 is 0. The minimum Gasteiger partial charge on any atom is -0.508 e. The summed E-state index contributed by atoms with van der Waals surface area (Å²) in [7, 11) is 0. The number of hydrogen-bond acceptors (Lipinski definition) is 8. The first kappa shape index (κ1) is 28.0. The molecule has 4 aliphatic heterocycles. The van der Waals surface area contributed by atoms with Crippen molar-refractivity contribution in [2.24, 2.45) is 0 Å². The second-order valence-corrected chi connectivity index (χ2v) is 12.9. The topological polar surface area (TPSA) is 97.5 Å². The van der Waals surface area contributed by atoms with E-state index in [-0.39, 0.29) is 47.1 Å². The van der Waals surface area contributed by atoms with Crippen molar-refractivity contribution in [3.63, 3.8) is 0 Å². The number of nitrogens with one attached hydrogen (secondary N) is 1. The van der Waals surface area contributed by atoms with Crippen LogP contribution in [0.25, 0.3) is 32.9 Å². The van der Waals surface area contributed by atoms with Crippen LogP contribution in [0.15, 0.2) is 36.5 Å². The summed E-state index contributed by atoms with van der Waals surface area (Å²) in [5, 5.41) is 26.4. The van der Waals surface area contributed by atoms with E-state index in [0.717, 1.165) is 32.2 Å². The van der Waals surface area contributed by atoms with Crippen molar-refractivity contribution in [1.29, 1.82) is 5.26 Å². The number of phenols is 1. The van der Waals surface area contributed by atoms with Crippen LogP contribution in [0.4, 0.5) is 14.5 Å². The van der Waals surface area contributed by atoms with Crippen LogP contribution in [0.1, 0.15) is 43.2 Å². The predicted molar refractivity (Wildman–Crippen MR) is 167 cm³/mol. The summed E-state index contributed by atoms with van der Waals surface area (Å²) < 4.78 is 37.8. The zero-order valence-electron chi connectivity index (χ0n) is 24.7. The van der Waals surface area contributed by atoms with E-state index in [0.29, 0.717) is 59.0 Å². The average molecular weight is 607 g/mol. The number of alkyl halides is 1. The van der Waals surface area contributed by atoms with Gasteiger partial charge >= 0.3 is 0 Å². The maximum atomic E-state index is 16.9. The largest absolute Gasteiger partial charge is 0.508 e. The molecule has 4 aromatic rings. The van der Waals surface area contributed by atoms with Crippen LogP contribution < -0.4 is 15.0 Å². The molecule has 45 heavy (non-hydrogen) atoms. The third-order valence-electron chi connectivity index (χ3n) is 10.2. The van der Waals surface area contributed by atoms with Crippen molar-refractivity contribution < 1.29 is 18.6 Å². The molecule has 4 saturated heterocycles. The summed E-state index contributed by atoms with van der Waals surface area (Å²) in [5.41, 5.74) is 1.19. The smallest absolute Gasteiger partial charge is 0.234 e. The highest BCUT2D eigenvalue weighted by molar-refractivity contribution is 6.03. The number of terminal acetylenes is 1. The molecule has 4 atom stereocenters. The highest BCUT2D eigenvalue weighted by Gasteiger charge is 2.49. The summed E-state index contributed by atoms with van der Waals surface area (Å²) in [6.07, 6.45) is 10.6. The van der Waals surface area contributed by atoms with E-state index < -0.39 is 17.5 Å². The van der Waals surface area contributed by atoms with Crippen LogP contribution >= 0.6 is 0 Å². The van der Waals surface area contributed by atoms with E-state index in [4.69, 9.17) is 11.2 Å². The lowest BCUT2D eigenvalue weighted by Crippen LogP contribution is -2.51. The van der Waals surface area contributed by atoms with Crippen molar-refractivity contribution in [3.05, 3.63) is 53.5 Å². The van der Waals surface area contributed by atoms with Gasteiger partial charge in [-0.15, -0.1) is 6.42 Å². The zero-order valence-corrected chi connectivity index (χ0v) is 24.7. The normalized spacial score (nSPS) is 25.9. The van der Waals surface area contributed by atoms with E-state index in [2.05, 4.69) is 37.1 Å². The van der Waals surface area contributed by atoms with E-state index in [1.807, 2.05) is 0 Å². The fraction of sp³-hybridized carbons (Fsp3) is 0.400. The molecular formula is C35H32F2N6O2. The molecule has 0 saturated carbocycles. The lowest BCUT2D eigenvalue weighted by Gasteiger charge is -2.36. The number of phenolic OH excluding ortho intramolecular Hbond substituents is 1. The Morgan fingerprint density at radius 2 is 2.02 bits per heavy atom. The van der Waals surface area contributed by atoms with Crippen LogP contribution in [0.2, 0.25) is 0 Å². The Morgan fingerprint density at radius 1 is 1.20 bits per heavy atom. The number of piperazine rings is 1. The molecular weight excluding hydrogens is 574 g/mol. The fourth-order valence-electron chi connectivity index (χ4n) is 8.22. The number of halogens is 2. The number of hydrogen-bond donors (Lipinski definition) is 2. The average Bonchev–Trinajstić information content (AvgIpc) is 3.68. The van der Waals surface area contributed by atoms with Gasteiger partial charge < -0.3 is 20.1 Å². The molecule has 0 spiro atoms. The Hall–Kier alpha value is -4.51. The summed E-state index contributed by atoms with van der Waals surface area (Å²) in [4.78, 5) is 13.5. The maximum absolute atomic E-state index is 16.9. The number of rotatable bonds is 5. The number of aromatic nitrogens is 2. The SMILES string of the molecule is C#Cc1cccc2cc(O)cc(-c3ncc4c(N5C[C@H]6CC[C@@H](C5)N6)c(C#N)c(OC[C@@]56CCCN5C[C@H](F)C6)nc4c3F)c12. The second kappa shape index (κ2) is 10.5. The highest BCUT2D eigenvalue weighted by Crippen LogP contribution is 2.44. The van der Waals surface area contributed by atoms with Gasteiger partial charge in [-0.3, -0.25) is 9.88 Å². The Balaban J connectivity index is 1.32. The van der Waals surface area contributed by atoms with Gasteiger partial charge in [0.15, 0.2) is 5.82 Å². The molecule has 2 aromatic carbocycles. The van der Waals surface area contributed by atoms with Gasteiger partial charge in [-0.05, 0) is 55.8 Å². The molecule has 6 heterocycles. The number of aromatic hydroxyl groups is 1. The van der Waals surface area contributed by atoms with Gasteiger partial charge in [0, 0.05) is 66.2 Å². The molecule has 4 aliphatic rings. The van der Waals surface area contributed by atoms with E-state index in [1.54, 1.807) is 30.5 Å². The molecule has 0 aliphatic carbocycles. The van der Waals surface area contributed by atoms with Gasteiger partial charge in [-0.25, -0.2) is 13.8 Å². The molecule has 8 nitrogen and oxygen atoms in total. The van der Waals surface area contributed by atoms with Crippen molar-refractivity contribution in [1.82, 2.24) is 20.2 Å². The minimum atomic E-state index is -0.933. The number of pyridine rings is 2. The summed E-state index contributed by atoms with van der Waals surface area (Å²) in [6, 6.07) is 11.2. The van der Waals surface area contributed by atoms with Crippen LogP contribution in [0.3, 0.4) is 0 Å². The Bertz CT molecular complexity index is 1940. The zero-order chi connectivity index (χ0) is 30.9. The van der Waals surface area contributed by atoms with E-state index in [9.17, 15) is 14.8 Å². The van der Waals surface area contributed by atoms with Gasteiger partial charge in [0.1, 0.15) is 41.4 Å². The molecule has 2 N–H and O–H groups in total. The molecule has 228 valence electrons. The molecule has 4 fully saturated rings. The molecule has 2 aromatic heterocycles. The monoisotopic (exact) mass is 606 g/mol. The van der Waals surface area contributed by atoms with Crippen LogP contribution in [-0.2, 0) is 0 Å². The summed E-state index contributed by atoms with van der Waals surface area (Å²) in [5.74, 6) is 1.95. The van der Waals surface area contributed by atoms with Crippen molar-refractivity contribution in [2.75, 3.05) is 37.7 Å². The molecule has 0 amide bonds. The number of anilines is 1. The third kappa shape index (κ3) is 4.47. The van der Waals surface area contributed by atoms with Crippen molar-refractivity contribution in [2.45, 2.75) is 55.9 Å². The first-order chi connectivity index (χ1) is 21.9. The Kier molecular flexibility index (Phi) is 6.56. The van der Waals surface area contributed by atoms with Crippen molar-refractivity contribution >= 4 is 27.4 Å². The van der Waals surface area contributed by atoms with Gasteiger partial charge in [0.05, 0.1) is 11.2 Å². The standard InChI is InChI=1S/C35H32F2N6O2/c1-2-20-5-3-6-21-11-25(44)12-26(29(20)21)31-30(37)32-28(15-39-31)33(42-17-23-7-8-24(18-42)40-23)27(14-38)34(41-32)45-19-35-9-4-10-43(35)16-22(36)13-35/h1,3,5-6,11-12,15,22-24,40,44H,4,7-10,13,16-19H2/t22-,23-,24+,35+/m1/s1. The molecule has 0 radical (unpaired) electrons. The number of fused-ring (bicyclic) bond motifs is 5. The van der Waals surface area contributed by atoms with Crippen LogP contribution in [0, 0.1) is 29.5 Å². The number of benzene rings is 2. The predicted octanol–water partition coefficient (Wildman–Crippen LogP) is 5.04. The lowest BCUT2D eigenvalue weighted by atomic mass is 9.95. The summed E-state index contributed by atoms with van der Waals surface area (Å²) in [6.45, 7) is 2.63. The molecule has 8 rings (SSSR count). The van der Waals surface area contributed by atoms with Gasteiger partial charge in [-0.1, -0.05) is 18.1 Å². The molecule has 10 heteroatoms. The van der Waals surface area contributed by atoms with Crippen molar-refractivity contribution in [3.8, 4) is 41.3 Å². The Morgan fingerprint density at radius 3 is 2.80 bits per heavy atom. The first-order valence-electron chi connectivity index (χ1n) is 15.6. The second-order valence-electron chi connectivity index (χ2n) is 12.9. The number of nitriles is 1. The minimum absolute atomic E-state index is 0.0140. The quantitative estimate of drug-likeness (QED) is 0.305. The number of ether oxygens (including phenoxy) is 1. The Labute approximate surface area is 259 Å². The third-order valence-corrected chi connectivity index (χ3v) is 10.2. The van der Waals surface area contributed by atoms with E-state index >= 15 is 4.39 Å². The number of nitrogens with zero attached hydrogens (tertiary/aromatic N) is 5. The first-order valence-corrected chi connectivity index (χ1v) is 15.6. The maximum Gasteiger partial charge on any atom is 0.234 e. The van der Waals surface area contributed by atoms with Gasteiger partial charge in [-0.2, -0.15) is 5.26 Å². The molecule has 0 unspecified atom stereocenters. The van der Waals surface area contributed by atoms with Crippen LogP contribution in [-0.4, -0.2) is 76.6 Å². The van der Waals surface area contributed by atoms with E-state index in [1.165, 1.54) is 6.07 Å².